The van der Waals surface area contributed by atoms with Gasteiger partial charge in [-0.3, -0.25) is 19.4 Å². The molecule has 1 aromatic carbocycles. The molecule has 0 unspecified atom stereocenters. The third kappa shape index (κ3) is 2.13. The lowest BCUT2D eigenvalue weighted by Gasteiger charge is -2.24. The Labute approximate surface area is 117 Å². The molecule has 3 rings (SSSR count). The summed E-state index contributed by atoms with van der Waals surface area (Å²) in [5, 5.41) is 9.29. The van der Waals surface area contributed by atoms with Gasteiger partial charge < -0.3 is 5.11 Å². The molecule has 2 heterocycles. The molecule has 0 aliphatic carbocycles. The number of amides is 2. The van der Waals surface area contributed by atoms with Crippen LogP contribution in [-0.4, -0.2) is 59.0 Å². The van der Waals surface area contributed by atoms with E-state index in [0.717, 1.165) is 19.4 Å². The first kappa shape index (κ1) is 13.3. The van der Waals surface area contributed by atoms with Crippen LogP contribution in [0.15, 0.2) is 24.3 Å². The van der Waals surface area contributed by atoms with Crippen molar-refractivity contribution in [2.24, 2.45) is 0 Å². The van der Waals surface area contributed by atoms with E-state index in [1.165, 1.54) is 4.90 Å². The van der Waals surface area contributed by atoms with Crippen molar-refractivity contribution in [2.75, 3.05) is 26.2 Å². The van der Waals surface area contributed by atoms with Crippen LogP contribution < -0.4 is 0 Å². The second-order valence-corrected chi connectivity index (χ2v) is 5.32. The Bertz CT molecular complexity index is 509. The zero-order valence-electron chi connectivity index (χ0n) is 11.3. The fourth-order valence-corrected chi connectivity index (χ4v) is 3.07. The molecular formula is C15H18N2O3. The molecule has 0 radical (unpaired) electrons. The smallest absolute Gasteiger partial charge is 0.261 e. The largest absolute Gasteiger partial charge is 0.395 e. The van der Waals surface area contributed by atoms with Gasteiger partial charge in [-0.05, 0) is 31.5 Å². The number of hydrogen-bond acceptors (Lipinski definition) is 4. The molecule has 2 amide bonds. The second kappa shape index (κ2) is 5.34. The number of aliphatic hydroxyl groups is 1. The Balaban J connectivity index is 1.68. The Hall–Kier alpha value is -1.72. The molecule has 0 aromatic heterocycles. The maximum atomic E-state index is 12.2. The SMILES string of the molecule is O=C1c2ccccc2C(=O)N1CCN1CCC[C@H]1CO. The normalized spacial score (nSPS) is 22.6. The van der Waals surface area contributed by atoms with Crippen molar-refractivity contribution in [3.63, 3.8) is 0 Å². The lowest BCUT2D eigenvalue weighted by atomic mass is 10.1. The number of hydrogen-bond donors (Lipinski definition) is 1. The summed E-state index contributed by atoms with van der Waals surface area (Å²) in [7, 11) is 0. The van der Waals surface area contributed by atoms with Crippen LogP contribution in [0.1, 0.15) is 33.6 Å². The van der Waals surface area contributed by atoms with Gasteiger partial charge in [-0.15, -0.1) is 0 Å². The number of carbonyl (C=O) groups excluding carboxylic acids is 2. The average molecular weight is 274 g/mol. The third-order valence-electron chi connectivity index (χ3n) is 4.20. The minimum absolute atomic E-state index is 0.141. The average Bonchev–Trinajstić information content (AvgIpc) is 3.02. The molecule has 1 N–H and O–H groups in total. The molecule has 0 bridgehead atoms. The van der Waals surface area contributed by atoms with Gasteiger partial charge >= 0.3 is 0 Å². The number of rotatable bonds is 4. The zero-order chi connectivity index (χ0) is 14.1. The molecule has 5 heteroatoms. The van der Waals surface area contributed by atoms with Crippen LogP contribution >= 0.6 is 0 Å². The Morgan fingerprint density at radius 3 is 2.35 bits per heavy atom. The van der Waals surface area contributed by atoms with E-state index in [-0.39, 0.29) is 24.5 Å². The highest BCUT2D eigenvalue weighted by Crippen LogP contribution is 2.23. The summed E-state index contributed by atoms with van der Waals surface area (Å²) in [5.74, 6) is -0.407. The fraction of sp³-hybridized carbons (Fsp3) is 0.467. The highest BCUT2D eigenvalue weighted by atomic mass is 16.3. The van der Waals surface area contributed by atoms with E-state index >= 15 is 0 Å². The van der Waals surface area contributed by atoms with E-state index in [1.807, 2.05) is 0 Å². The van der Waals surface area contributed by atoms with Crippen molar-refractivity contribution in [3.05, 3.63) is 35.4 Å². The van der Waals surface area contributed by atoms with Crippen LogP contribution in [0, 0.1) is 0 Å². The number of imide groups is 1. The maximum absolute atomic E-state index is 12.2. The van der Waals surface area contributed by atoms with Gasteiger partial charge in [0, 0.05) is 19.1 Å². The van der Waals surface area contributed by atoms with Crippen LogP contribution in [-0.2, 0) is 0 Å². The fourth-order valence-electron chi connectivity index (χ4n) is 3.07. The predicted molar refractivity (Wildman–Crippen MR) is 73.5 cm³/mol. The van der Waals surface area contributed by atoms with E-state index in [1.54, 1.807) is 24.3 Å². The van der Waals surface area contributed by atoms with Crippen molar-refractivity contribution in [1.29, 1.82) is 0 Å². The maximum Gasteiger partial charge on any atom is 0.261 e. The third-order valence-corrected chi connectivity index (χ3v) is 4.20. The van der Waals surface area contributed by atoms with Crippen molar-refractivity contribution < 1.29 is 14.7 Å². The molecule has 0 saturated carbocycles. The first-order valence-electron chi connectivity index (χ1n) is 7.02. The summed E-state index contributed by atoms with van der Waals surface area (Å²) >= 11 is 0. The van der Waals surface area contributed by atoms with Gasteiger partial charge in [0.05, 0.1) is 17.7 Å². The molecular weight excluding hydrogens is 256 g/mol. The summed E-state index contributed by atoms with van der Waals surface area (Å²) in [6.45, 7) is 2.09. The summed E-state index contributed by atoms with van der Waals surface area (Å²) < 4.78 is 0. The van der Waals surface area contributed by atoms with Gasteiger partial charge in [0.25, 0.3) is 11.8 Å². The summed E-state index contributed by atoms with van der Waals surface area (Å²) in [6, 6.07) is 7.11. The molecule has 1 aromatic rings. The number of benzene rings is 1. The molecule has 1 fully saturated rings. The lowest BCUT2D eigenvalue weighted by Crippen LogP contribution is -2.41. The molecule has 2 aliphatic heterocycles. The topological polar surface area (TPSA) is 60.9 Å². The van der Waals surface area contributed by atoms with E-state index in [0.29, 0.717) is 24.2 Å². The van der Waals surface area contributed by atoms with Crippen LogP contribution in [0.3, 0.4) is 0 Å². The molecule has 20 heavy (non-hydrogen) atoms. The minimum Gasteiger partial charge on any atom is -0.395 e. The lowest BCUT2D eigenvalue weighted by molar-refractivity contribution is 0.0624. The monoisotopic (exact) mass is 274 g/mol. The quantitative estimate of drug-likeness (QED) is 0.823. The van der Waals surface area contributed by atoms with Gasteiger partial charge in [-0.1, -0.05) is 12.1 Å². The van der Waals surface area contributed by atoms with Gasteiger partial charge in [0.15, 0.2) is 0 Å². The zero-order valence-corrected chi connectivity index (χ0v) is 11.3. The van der Waals surface area contributed by atoms with Crippen LogP contribution in [0.5, 0.6) is 0 Å². The van der Waals surface area contributed by atoms with Crippen molar-refractivity contribution in [3.8, 4) is 0 Å². The van der Waals surface area contributed by atoms with Crippen LogP contribution in [0.25, 0.3) is 0 Å². The number of nitrogens with zero attached hydrogens (tertiary/aromatic N) is 2. The Morgan fingerprint density at radius 2 is 1.75 bits per heavy atom. The predicted octanol–water partition coefficient (Wildman–Crippen LogP) is 0.739. The number of carbonyl (C=O) groups is 2. The van der Waals surface area contributed by atoms with Gasteiger partial charge in [-0.25, -0.2) is 0 Å². The first-order chi connectivity index (χ1) is 9.72. The molecule has 1 saturated heterocycles. The van der Waals surface area contributed by atoms with Gasteiger partial charge in [0.2, 0.25) is 0 Å². The minimum atomic E-state index is -0.203. The Morgan fingerprint density at radius 1 is 1.10 bits per heavy atom. The first-order valence-corrected chi connectivity index (χ1v) is 7.02. The van der Waals surface area contributed by atoms with Gasteiger partial charge in [-0.2, -0.15) is 0 Å². The Kier molecular flexibility index (Phi) is 3.54. The summed E-state index contributed by atoms with van der Waals surface area (Å²) in [6.07, 6.45) is 2.05. The van der Waals surface area contributed by atoms with E-state index in [4.69, 9.17) is 0 Å². The highest BCUT2D eigenvalue weighted by molar-refractivity contribution is 6.21. The number of likely N-dealkylation sites (tertiary alicyclic amines) is 1. The van der Waals surface area contributed by atoms with Gasteiger partial charge in [0.1, 0.15) is 0 Å². The summed E-state index contributed by atoms with van der Waals surface area (Å²) in [5.41, 5.74) is 0.996. The van der Waals surface area contributed by atoms with E-state index in [9.17, 15) is 14.7 Å². The number of fused-ring (bicyclic) bond motifs is 1. The van der Waals surface area contributed by atoms with Crippen LogP contribution in [0.2, 0.25) is 0 Å². The molecule has 1 atom stereocenters. The molecule has 106 valence electrons. The molecule has 0 spiro atoms. The van der Waals surface area contributed by atoms with E-state index in [2.05, 4.69) is 4.90 Å². The standard InChI is InChI=1S/C15H18N2O3/c18-10-11-4-3-7-16(11)8-9-17-14(19)12-5-1-2-6-13(12)15(17)20/h1-2,5-6,11,18H,3-4,7-10H2/t11-/m0/s1. The highest BCUT2D eigenvalue weighted by Gasteiger charge is 2.35. The van der Waals surface area contributed by atoms with Crippen molar-refractivity contribution >= 4 is 11.8 Å². The summed E-state index contributed by atoms with van der Waals surface area (Å²) in [4.78, 5) is 27.9. The van der Waals surface area contributed by atoms with Crippen molar-refractivity contribution in [1.82, 2.24) is 9.80 Å². The number of aliphatic hydroxyl groups excluding tert-OH is 1. The van der Waals surface area contributed by atoms with Crippen molar-refractivity contribution in [2.45, 2.75) is 18.9 Å². The second-order valence-electron chi connectivity index (χ2n) is 5.32. The molecule has 2 aliphatic rings. The molecule has 5 nitrogen and oxygen atoms in total. The van der Waals surface area contributed by atoms with Crippen LogP contribution in [0.4, 0.5) is 0 Å². The van der Waals surface area contributed by atoms with E-state index < -0.39 is 0 Å².